The number of methoxy groups -OCH3 is 4. The molecule has 1 aromatic heterocycles. The van der Waals surface area contributed by atoms with Gasteiger partial charge >= 0.3 is 0 Å². The molecule has 0 aliphatic rings. The Morgan fingerprint density at radius 1 is 0.857 bits per heavy atom. The lowest BCUT2D eigenvalue weighted by Crippen LogP contribution is -2.31. The predicted molar refractivity (Wildman–Crippen MR) is 139 cm³/mol. The van der Waals surface area contributed by atoms with E-state index in [-0.39, 0.29) is 18.3 Å². The van der Waals surface area contributed by atoms with Crippen LogP contribution in [-0.2, 0) is 0 Å². The lowest BCUT2D eigenvalue weighted by atomic mass is 10.1. The molecule has 0 aliphatic heterocycles. The molecule has 2 N–H and O–H groups in total. The van der Waals surface area contributed by atoms with Gasteiger partial charge in [-0.15, -0.1) is 12.4 Å². The molecule has 0 radical (unpaired) electrons. The lowest BCUT2D eigenvalue weighted by Gasteiger charge is -2.22. The van der Waals surface area contributed by atoms with Gasteiger partial charge in [-0.3, -0.25) is 4.79 Å². The number of rotatable bonds is 10. The summed E-state index contributed by atoms with van der Waals surface area (Å²) in [7, 11) is 9.89. The fourth-order valence-corrected chi connectivity index (χ4v) is 3.54. The Balaban J connectivity index is 0.00000432. The summed E-state index contributed by atoms with van der Waals surface area (Å²) in [6, 6.07) is 8.66. The number of hydrogen-bond acceptors (Lipinski definition) is 9. The highest BCUT2D eigenvalue weighted by molar-refractivity contribution is 5.95. The van der Waals surface area contributed by atoms with Crippen molar-refractivity contribution < 1.29 is 23.7 Å². The van der Waals surface area contributed by atoms with Gasteiger partial charge in [-0.25, -0.2) is 4.98 Å². The monoisotopic (exact) mass is 505 g/mol. The first-order valence-corrected chi connectivity index (χ1v) is 10.7. The summed E-state index contributed by atoms with van der Waals surface area (Å²) in [4.78, 5) is 25.5. The second-order valence-electron chi connectivity index (χ2n) is 7.74. The van der Waals surface area contributed by atoms with Gasteiger partial charge in [-0.05, 0) is 24.6 Å². The Hall–Kier alpha value is -3.66. The summed E-state index contributed by atoms with van der Waals surface area (Å²) in [5.74, 6) is 2.99. The molecule has 0 saturated carbocycles. The molecule has 0 spiro atoms. The fraction of sp³-hybridized carbons (Fsp3) is 0.375. The number of anilines is 2. The van der Waals surface area contributed by atoms with Gasteiger partial charge in [0.15, 0.2) is 11.5 Å². The molecular weight excluding hydrogens is 474 g/mol. The molecular formula is C24H32ClN5O5. The van der Waals surface area contributed by atoms with E-state index in [0.29, 0.717) is 70.7 Å². The zero-order valence-corrected chi connectivity index (χ0v) is 21.6. The van der Waals surface area contributed by atoms with E-state index < -0.39 is 0 Å². The lowest BCUT2D eigenvalue weighted by molar-refractivity contribution is 0.0793. The number of nitrogen functional groups attached to an aromatic ring is 1. The van der Waals surface area contributed by atoms with Crippen LogP contribution in [0, 0.1) is 0 Å². The Labute approximate surface area is 211 Å². The minimum absolute atomic E-state index is 0. The first kappa shape index (κ1) is 27.6. The van der Waals surface area contributed by atoms with Crippen LogP contribution in [-0.4, -0.2) is 76.4 Å². The number of nitrogens with two attached hydrogens (primary N) is 1. The third-order valence-corrected chi connectivity index (χ3v) is 5.49. The molecule has 3 aromatic rings. The summed E-state index contributed by atoms with van der Waals surface area (Å²) in [6.07, 6.45) is 0.701. The van der Waals surface area contributed by atoms with E-state index >= 15 is 0 Å². The largest absolute Gasteiger partial charge is 0.497 e. The molecule has 0 saturated heterocycles. The average molecular weight is 506 g/mol. The molecule has 11 heteroatoms. The van der Waals surface area contributed by atoms with Crippen molar-refractivity contribution >= 4 is 41.0 Å². The van der Waals surface area contributed by atoms with Crippen LogP contribution < -0.4 is 29.6 Å². The van der Waals surface area contributed by atoms with Crippen LogP contribution in [0.5, 0.6) is 23.0 Å². The van der Waals surface area contributed by atoms with Crippen LogP contribution in [0.4, 0.5) is 11.8 Å². The second-order valence-corrected chi connectivity index (χ2v) is 7.74. The summed E-state index contributed by atoms with van der Waals surface area (Å²) in [6.45, 7) is 1.16. The summed E-state index contributed by atoms with van der Waals surface area (Å²) in [5.41, 5.74) is 7.35. The number of hydrogen-bond donors (Lipinski definition) is 1. The number of amides is 1. The van der Waals surface area contributed by atoms with Crippen molar-refractivity contribution in [2.24, 2.45) is 0 Å². The van der Waals surface area contributed by atoms with Crippen molar-refractivity contribution in [1.82, 2.24) is 14.9 Å². The van der Waals surface area contributed by atoms with E-state index in [9.17, 15) is 4.79 Å². The van der Waals surface area contributed by atoms with Crippen molar-refractivity contribution in [2.75, 3.05) is 66.3 Å². The number of ether oxygens (including phenoxy) is 4. The number of carbonyl (C=O) groups is 1. The smallest absolute Gasteiger partial charge is 0.253 e. The molecule has 0 atom stereocenters. The molecule has 190 valence electrons. The highest BCUT2D eigenvalue weighted by atomic mass is 35.5. The van der Waals surface area contributed by atoms with Crippen LogP contribution >= 0.6 is 12.4 Å². The van der Waals surface area contributed by atoms with Crippen LogP contribution in [0.1, 0.15) is 16.8 Å². The number of benzene rings is 2. The summed E-state index contributed by atoms with van der Waals surface area (Å²) < 4.78 is 21.2. The summed E-state index contributed by atoms with van der Waals surface area (Å²) >= 11 is 0. The Bertz CT molecular complexity index is 1150. The molecule has 0 unspecified atom stereocenters. The topological polar surface area (TPSA) is 112 Å². The molecule has 0 aliphatic carbocycles. The van der Waals surface area contributed by atoms with E-state index in [1.165, 1.54) is 0 Å². The number of fused-ring (bicyclic) bond motifs is 1. The maximum Gasteiger partial charge on any atom is 0.253 e. The highest BCUT2D eigenvalue weighted by Gasteiger charge is 2.16. The van der Waals surface area contributed by atoms with E-state index in [2.05, 4.69) is 9.97 Å². The predicted octanol–water partition coefficient (Wildman–Crippen LogP) is 3.27. The third kappa shape index (κ3) is 6.27. The van der Waals surface area contributed by atoms with Gasteiger partial charge in [-0.2, -0.15) is 4.98 Å². The van der Waals surface area contributed by atoms with Crippen molar-refractivity contribution in [2.45, 2.75) is 6.42 Å². The third-order valence-electron chi connectivity index (χ3n) is 5.49. The van der Waals surface area contributed by atoms with Crippen LogP contribution in [0.2, 0.25) is 0 Å². The van der Waals surface area contributed by atoms with Crippen LogP contribution in [0.15, 0.2) is 30.3 Å². The molecule has 1 amide bonds. The molecule has 0 bridgehead atoms. The van der Waals surface area contributed by atoms with Crippen LogP contribution in [0.3, 0.4) is 0 Å². The summed E-state index contributed by atoms with van der Waals surface area (Å²) in [5, 5.41) is 0.689. The maximum atomic E-state index is 12.9. The van der Waals surface area contributed by atoms with Gasteiger partial charge in [0.25, 0.3) is 5.91 Å². The zero-order valence-electron chi connectivity index (χ0n) is 20.8. The number of nitrogens with zero attached hydrogens (tertiary/aromatic N) is 4. The molecule has 35 heavy (non-hydrogen) atoms. The van der Waals surface area contributed by atoms with Crippen LogP contribution in [0.25, 0.3) is 10.9 Å². The molecule has 3 rings (SSSR count). The number of carbonyl (C=O) groups excluding carboxylic acids is 1. The molecule has 0 fully saturated rings. The zero-order chi connectivity index (χ0) is 24.8. The van der Waals surface area contributed by atoms with Gasteiger partial charge in [-0.1, -0.05) is 0 Å². The van der Waals surface area contributed by atoms with E-state index in [1.54, 1.807) is 70.7 Å². The minimum Gasteiger partial charge on any atom is -0.497 e. The molecule has 1 heterocycles. The van der Waals surface area contributed by atoms with Crippen molar-refractivity contribution in [3.05, 3.63) is 35.9 Å². The molecule has 10 nitrogen and oxygen atoms in total. The maximum absolute atomic E-state index is 12.9. The number of aromatic nitrogens is 2. The average Bonchev–Trinajstić information content (AvgIpc) is 2.86. The first-order chi connectivity index (χ1) is 16.3. The van der Waals surface area contributed by atoms with Gasteiger partial charge in [0.05, 0.1) is 34.0 Å². The first-order valence-electron chi connectivity index (χ1n) is 10.7. The molecule has 2 aromatic carbocycles. The number of halogens is 1. The van der Waals surface area contributed by atoms with E-state index in [1.807, 2.05) is 11.9 Å². The van der Waals surface area contributed by atoms with Gasteiger partial charge < -0.3 is 34.5 Å². The quantitative estimate of drug-likeness (QED) is 0.443. The van der Waals surface area contributed by atoms with Gasteiger partial charge in [0.2, 0.25) is 5.95 Å². The Morgan fingerprint density at radius 2 is 1.46 bits per heavy atom. The fourth-order valence-electron chi connectivity index (χ4n) is 3.54. The highest BCUT2D eigenvalue weighted by Crippen LogP contribution is 2.34. The standard InChI is InChI=1S/C24H31N5O5.ClH/c1-28(23(30)15-10-16(31-3)12-17(11-15)32-4)8-7-9-29(2)24-26-19-14-21(34-6)20(33-5)13-18(19)22(25)27-24;/h10-14H,7-9H2,1-6H3,(H2,25,26,27);1H. The van der Waals surface area contributed by atoms with Crippen molar-refractivity contribution in [1.29, 1.82) is 0 Å². The minimum atomic E-state index is -0.118. The normalized spacial score (nSPS) is 10.3. The van der Waals surface area contributed by atoms with E-state index in [0.717, 1.165) is 0 Å². The SMILES string of the molecule is COc1cc(OC)cc(C(=O)N(C)CCCN(C)c2nc(N)c3cc(OC)c(OC)cc3n2)c1.Cl. The Morgan fingerprint density at radius 3 is 2.03 bits per heavy atom. The second kappa shape index (κ2) is 12.2. The van der Waals surface area contributed by atoms with Gasteiger partial charge in [0.1, 0.15) is 17.3 Å². The van der Waals surface area contributed by atoms with Crippen molar-refractivity contribution in [3.63, 3.8) is 0 Å². The van der Waals surface area contributed by atoms with Gasteiger partial charge in [0, 0.05) is 50.3 Å². The van der Waals surface area contributed by atoms with Crippen molar-refractivity contribution in [3.8, 4) is 23.0 Å². The van der Waals surface area contributed by atoms with E-state index in [4.69, 9.17) is 24.7 Å². The Kier molecular flexibility index (Phi) is 9.59.